The van der Waals surface area contributed by atoms with E-state index in [4.69, 9.17) is 0 Å². The van der Waals surface area contributed by atoms with Crippen LogP contribution in [-0.2, 0) is 0 Å². The van der Waals surface area contributed by atoms with Crippen LogP contribution in [0.1, 0.15) is 66.2 Å². The summed E-state index contributed by atoms with van der Waals surface area (Å²) in [6.45, 7) is 18.2. The first kappa shape index (κ1) is 25.8. The molecule has 4 atom stereocenters. The molecule has 2 aliphatic heterocycles. The number of unbranched alkanes of at least 4 members (excludes halogenated alkanes) is 1. The quantitative estimate of drug-likeness (QED) is 0.444. The van der Waals surface area contributed by atoms with Crippen LogP contribution < -0.4 is 0 Å². The normalized spacial score (nSPS) is 39.5. The highest BCUT2D eigenvalue weighted by Crippen LogP contribution is 2.34. The average Bonchev–Trinajstić information content (AvgIpc) is 3.09. The Balaban J connectivity index is 0.00000312. The number of quaternary nitrogens is 2. The fourth-order valence-corrected chi connectivity index (χ4v) is 6.21. The number of rotatable bonds is 9. The molecule has 4 unspecified atom stereocenters. The van der Waals surface area contributed by atoms with Crippen LogP contribution >= 0.6 is 0 Å². The smallest absolute Gasteiger partial charge is 0.0818 e. The van der Waals surface area contributed by atoms with E-state index >= 15 is 0 Å². The Labute approximate surface area is 163 Å². The van der Waals surface area contributed by atoms with Crippen LogP contribution in [0.15, 0.2) is 0 Å². The van der Waals surface area contributed by atoms with Gasteiger partial charge in [0.1, 0.15) is 0 Å². The second-order valence-corrected chi connectivity index (χ2v) is 9.80. The zero-order valence-corrected chi connectivity index (χ0v) is 18.6. The summed E-state index contributed by atoms with van der Waals surface area (Å²) in [5.74, 6) is 3.94. The molecule has 158 valence electrons. The summed E-state index contributed by atoms with van der Waals surface area (Å²) in [5.41, 5.74) is 0. The molecule has 2 aliphatic rings. The van der Waals surface area contributed by atoms with Crippen LogP contribution in [0, 0.1) is 23.7 Å². The zero-order chi connectivity index (χ0) is 17.8. The molecule has 4 heteroatoms. The van der Waals surface area contributed by atoms with Gasteiger partial charge in [-0.2, -0.15) is 0 Å². The van der Waals surface area contributed by atoms with Crippen molar-refractivity contribution >= 4 is 0 Å². The van der Waals surface area contributed by atoms with Crippen LogP contribution in [0.2, 0.25) is 0 Å². The first-order valence-electron chi connectivity index (χ1n) is 11.1. The van der Waals surface area contributed by atoms with Gasteiger partial charge in [0.05, 0.1) is 53.4 Å². The van der Waals surface area contributed by atoms with Gasteiger partial charge in [-0.25, -0.2) is 0 Å². The summed E-state index contributed by atoms with van der Waals surface area (Å²) in [7, 11) is 5.06. The number of hydrogen-bond donors (Lipinski definition) is 0. The van der Waals surface area contributed by atoms with Crippen molar-refractivity contribution in [3.05, 3.63) is 0 Å². The second kappa shape index (κ2) is 11.0. The summed E-state index contributed by atoms with van der Waals surface area (Å²) in [4.78, 5) is 0. The Morgan fingerprint density at radius 3 is 0.962 bits per heavy atom. The Morgan fingerprint density at radius 2 is 0.769 bits per heavy atom. The Morgan fingerprint density at radius 1 is 0.538 bits per heavy atom. The van der Waals surface area contributed by atoms with E-state index in [-0.39, 0.29) is 11.0 Å². The summed E-state index contributed by atoms with van der Waals surface area (Å²) in [6.07, 6.45) is 8.42. The maximum Gasteiger partial charge on any atom is 0.0818 e. The van der Waals surface area contributed by atoms with Crippen LogP contribution in [-0.4, -0.2) is 73.3 Å². The van der Waals surface area contributed by atoms with Gasteiger partial charge in [0.15, 0.2) is 0 Å². The first-order chi connectivity index (χ1) is 11.4. The molecule has 0 amide bonds. The first-order valence-corrected chi connectivity index (χ1v) is 11.1. The molecule has 2 heterocycles. The molecule has 0 aromatic carbocycles. The minimum absolute atomic E-state index is 0. The third-order valence-electron chi connectivity index (χ3n) is 7.78. The second-order valence-electron chi connectivity index (χ2n) is 9.80. The molecule has 0 aromatic heterocycles. The van der Waals surface area contributed by atoms with E-state index in [2.05, 4.69) is 41.8 Å². The van der Waals surface area contributed by atoms with Crippen LogP contribution in [0.4, 0.5) is 0 Å². The summed E-state index contributed by atoms with van der Waals surface area (Å²) in [6, 6.07) is 0. The molecule has 0 bridgehead atoms. The van der Waals surface area contributed by atoms with Gasteiger partial charge in [0, 0.05) is 36.5 Å². The lowest BCUT2D eigenvalue weighted by Crippen LogP contribution is -2.45. The van der Waals surface area contributed by atoms with E-state index < -0.39 is 0 Å². The molecule has 2 fully saturated rings. The highest BCUT2D eigenvalue weighted by Gasteiger charge is 2.42. The van der Waals surface area contributed by atoms with Crippen LogP contribution in [0.25, 0.3) is 0 Å². The molecule has 2 rings (SSSR count). The minimum atomic E-state index is 0. The van der Waals surface area contributed by atoms with Gasteiger partial charge in [0.25, 0.3) is 0 Å². The molecule has 0 radical (unpaired) electrons. The van der Waals surface area contributed by atoms with Crippen molar-refractivity contribution in [1.29, 1.82) is 0 Å². The molecule has 0 spiro atoms. The largest absolute Gasteiger partial charge is 0.870 e. The van der Waals surface area contributed by atoms with E-state index in [9.17, 15) is 0 Å². The molecule has 4 nitrogen and oxygen atoms in total. The number of hydrogen-bond acceptors (Lipinski definition) is 2. The van der Waals surface area contributed by atoms with Crippen molar-refractivity contribution < 1.29 is 19.9 Å². The summed E-state index contributed by atoms with van der Waals surface area (Å²) in [5, 5.41) is 0. The van der Waals surface area contributed by atoms with Gasteiger partial charge >= 0.3 is 0 Å². The van der Waals surface area contributed by atoms with E-state index in [0.29, 0.717) is 0 Å². The van der Waals surface area contributed by atoms with Crippen molar-refractivity contribution in [1.82, 2.24) is 0 Å². The third kappa shape index (κ3) is 6.19. The molecular weight excluding hydrogens is 324 g/mol. The Bertz CT molecular complexity index is 328. The van der Waals surface area contributed by atoms with Crippen molar-refractivity contribution in [2.24, 2.45) is 23.7 Å². The fraction of sp³-hybridized carbons (Fsp3) is 1.00. The summed E-state index contributed by atoms with van der Waals surface area (Å²) >= 11 is 0. The van der Waals surface area contributed by atoms with Gasteiger partial charge in [-0.05, 0) is 25.7 Å². The number of likely N-dealkylation sites (tertiary alicyclic amines) is 2. The molecule has 2 saturated heterocycles. The molecule has 0 aliphatic carbocycles. The molecule has 0 aromatic rings. The van der Waals surface area contributed by atoms with Crippen molar-refractivity contribution in [3.63, 3.8) is 0 Å². The Hall–Kier alpha value is -0.160. The molecule has 26 heavy (non-hydrogen) atoms. The lowest BCUT2D eigenvalue weighted by atomic mass is 9.92. The van der Waals surface area contributed by atoms with E-state index in [1.165, 1.54) is 86.8 Å². The van der Waals surface area contributed by atoms with Gasteiger partial charge in [-0.1, -0.05) is 27.7 Å². The molecular formula is C22H48N2O2. The average molecular weight is 373 g/mol. The molecule has 0 saturated carbocycles. The van der Waals surface area contributed by atoms with Crippen LogP contribution in [0.5, 0.6) is 0 Å². The fourth-order valence-electron chi connectivity index (χ4n) is 6.21. The topological polar surface area (TPSA) is 60.0 Å². The van der Waals surface area contributed by atoms with Crippen molar-refractivity contribution in [2.45, 2.75) is 66.2 Å². The van der Waals surface area contributed by atoms with Crippen molar-refractivity contribution in [2.75, 3.05) is 53.4 Å². The van der Waals surface area contributed by atoms with Gasteiger partial charge in [-0.3, -0.25) is 0 Å². The van der Waals surface area contributed by atoms with Gasteiger partial charge < -0.3 is 19.9 Å². The lowest BCUT2D eigenvalue weighted by Gasteiger charge is -2.32. The predicted octanol–water partition coefficient (Wildman–Crippen LogP) is 4.44. The van der Waals surface area contributed by atoms with Gasteiger partial charge in [-0.15, -0.1) is 0 Å². The Kier molecular flexibility index (Phi) is 10.9. The SMILES string of the molecule is CCC1C[N+](C)(CCCC[N+]2(C)CC(CC)C(CC)C2)CC1CC.[OH-].[OH-]. The summed E-state index contributed by atoms with van der Waals surface area (Å²) < 4.78 is 2.71. The minimum Gasteiger partial charge on any atom is -0.870 e. The van der Waals surface area contributed by atoms with E-state index in [1.807, 2.05) is 0 Å². The maximum atomic E-state index is 2.53. The van der Waals surface area contributed by atoms with Crippen LogP contribution in [0.3, 0.4) is 0 Å². The number of nitrogens with zero attached hydrogens (tertiary/aromatic N) is 2. The molecule has 2 N–H and O–H groups in total. The van der Waals surface area contributed by atoms with E-state index in [0.717, 1.165) is 23.7 Å². The van der Waals surface area contributed by atoms with E-state index in [1.54, 1.807) is 0 Å². The predicted molar refractivity (Wildman–Crippen MR) is 110 cm³/mol. The lowest BCUT2D eigenvalue weighted by molar-refractivity contribution is -0.906. The monoisotopic (exact) mass is 372 g/mol. The standard InChI is InChI=1S/C22H46N2.2H2O/c1-7-19-15-23(5,16-20(19)8-2)13-11-12-14-24(6)17-21(9-3)22(10-4)18-24;;/h19-22H,7-18H2,1-6H3;2*1H2/q+2;;/p-2. The highest BCUT2D eigenvalue weighted by atomic mass is 16.0. The van der Waals surface area contributed by atoms with Crippen molar-refractivity contribution in [3.8, 4) is 0 Å². The third-order valence-corrected chi connectivity index (χ3v) is 7.78. The highest BCUT2D eigenvalue weighted by molar-refractivity contribution is 4.75. The van der Waals surface area contributed by atoms with Gasteiger partial charge in [0.2, 0.25) is 0 Å². The zero-order valence-electron chi connectivity index (χ0n) is 18.6. The maximum absolute atomic E-state index is 2.53.